The van der Waals surface area contributed by atoms with Crippen molar-refractivity contribution in [3.63, 3.8) is 0 Å². The predicted molar refractivity (Wildman–Crippen MR) is 278 cm³/mol. The summed E-state index contributed by atoms with van der Waals surface area (Å²) in [6, 6.07) is 33.5. The van der Waals surface area contributed by atoms with Crippen molar-refractivity contribution in [1.82, 2.24) is 53.8 Å². The van der Waals surface area contributed by atoms with Crippen LogP contribution in [0.25, 0.3) is 55.6 Å². The van der Waals surface area contributed by atoms with Gasteiger partial charge in [-0.1, -0.05) is 36.4 Å². The Kier molecular flexibility index (Phi) is 14.1. The summed E-state index contributed by atoms with van der Waals surface area (Å²) < 4.78 is 4.97. The number of anilines is 2. The number of pyridine rings is 2. The molecule has 0 aliphatic carbocycles. The van der Waals surface area contributed by atoms with E-state index in [0.717, 1.165) is 45.1 Å². The summed E-state index contributed by atoms with van der Waals surface area (Å²) in [6.07, 6.45) is 14.6. The molecular weight excluding hydrogens is 941 g/mol. The van der Waals surface area contributed by atoms with Crippen molar-refractivity contribution in [1.29, 1.82) is 0 Å². The number of aromatic nitrogens is 11. The number of hydrogen-bond acceptors (Lipinski definition) is 13. The molecule has 2 amide bonds. The highest BCUT2D eigenvalue weighted by Gasteiger charge is 2.21. The molecule has 19 heteroatoms. The molecule has 18 nitrogen and oxygen atoms in total. The number of carbonyl (C=O) groups excluding carboxylic acids is 4. The Balaban J connectivity index is 0.000000135. The zero-order valence-electron chi connectivity index (χ0n) is 39.7. The average molecular weight is 983 g/mol. The first kappa shape index (κ1) is 48.1. The SMILES string of the molecule is CC(=O)N(C)c1cccc(-c2ccnc3c(C(=O)c4cccs4)cnn23)c1.O=C(c1ccccn1)c1cnn2c(-c3ccncc3)ccnc12.[C-]#[N+]c1cnn2c(-c3cccc(N(CC)C(C)=O)c3)ccnc12. The van der Waals surface area contributed by atoms with Crippen molar-refractivity contribution in [2.75, 3.05) is 23.4 Å². The summed E-state index contributed by atoms with van der Waals surface area (Å²) in [4.78, 5) is 77.1. The summed E-state index contributed by atoms with van der Waals surface area (Å²) in [5.41, 5.74) is 10.1. The first-order valence-electron chi connectivity index (χ1n) is 22.6. The van der Waals surface area contributed by atoms with Gasteiger partial charge in [-0.05, 0) is 85.1 Å². The van der Waals surface area contributed by atoms with Crippen LogP contribution < -0.4 is 9.80 Å². The molecule has 0 aliphatic heterocycles. The number of nitrogens with zero attached hydrogens (tertiary/aromatic N) is 14. The molecule has 73 heavy (non-hydrogen) atoms. The van der Waals surface area contributed by atoms with Crippen LogP contribution in [0.4, 0.5) is 17.1 Å². The number of amides is 2. The van der Waals surface area contributed by atoms with Crippen LogP contribution in [0.15, 0.2) is 170 Å². The van der Waals surface area contributed by atoms with Crippen LogP contribution in [0.1, 0.15) is 52.1 Å². The third kappa shape index (κ3) is 9.95. The number of ketones is 2. The lowest BCUT2D eigenvalue weighted by Crippen LogP contribution is -2.27. The molecule has 9 heterocycles. The van der Waals surface area contributed by atoms with E-state index in [2.05, 4.69) is 45.1 Å². The van der Waals surface area contributed by atoms with Crippen molar-refractivity contribution in [3.05, 3.63) is 203 Å². The molecule has 0 unspecified atom stereocenters. The van der Waals surface area contributed by atoms with Gasteiger partial charge in [-0.15, -0.1) is 11.3 Å². The monoisotopic (exact) mass is 982 g/mol. The maximum absolute atomic E-state index is 12.7. The first-order valence-corrected chi connectivity index (χ1v) is 23.5. The topological polar surface area (TPSA) is 195 Å². The van der Waals surface area contributed by atoms with E-state index >= 15 is 0 Å². The second-order valence-electron chi connectivity index (χ2n) is 16.0. The highest BCUT2D eigenvalue weighted by Crippen LogP contribution is 2.29. The molecular formula is C54H42N14O4S. The smallest absolute Gasteiger partial charge is 0.250 e. The van der Waals surface area contributed by atoms with E-state index in [9.17, 15) is 19.2 Å². The van der Waals surface area contributed by atoms with E-state index in [4.69, 9.17) is 6.57 Å². The Bertz CT molecular complexity index is 3850. The fraction of sp³-hybridized carbons (Fsp3) is 0.0926. The number of fused-ring (bicyclic) bond motifs is 3. The summed E-state index contributed by atoms with van der Waals surface area (Å²) in [7, 11) is 1.73. The van der Waals surface area contributed by atoms with Crippen LogP contribution in [0.2, 0.25) is 0 Å². The maximum atomic E-state index is 12.7. The number of hydrogen-bond donors (Lipinski definition) is 0. The maximum Gasteiger partial charge on any atom is 0.250 e. The van der Waals surface area contributed by atoms with E-state index in [1.54, 1.807) is 105 Å². The Morgan fingerprint density at radius 3 is 1.71 bits per heavy atom. The van der Waals surface area contributed by atoms with Crippen molar-refractivity contribution in [2.45, 2.75) is 20.8 Å². The average Bonchev–Trinajstić information content (AvgIpc) is 4.29. The van der Waals surface area contributed by atoms with E-state index < -0.39 is 0 Å². The minimum absolute atomic E-state index is 0.00101. The lowest BCUT2D eigenvalue weighted by atomic mass is 10.1. The second kappa shape index (κ2) is 21.4. The van der Waals surface area contributed by atoms with Crippen LogP contribution in [0.5, 0.6) is 0 Å². The Labute approximate surface area is 421 Å². The highest BCUT2D eigenvalue weighted by atomic mass is 32.1. The molecule has 0 saturated heterocycles. The van der Waals surface area contributed by atoms with E-state index in [1.165, 1.54) is 30.7 Å². The highest BCUT2D eigenvalue weighted by molar-refractivity contribution is 7.12. The Hall–Kier alpha value is -9.93. The van der Waals surface area contributed by atoms with Crippen LogP contribution in [0, 0.1) is 6.57 Å². The Morgan fingerprint density at radius 1 is 0.575 bits per heavy atom. The fourth-order valence-electron chi connectivity index (χ4n) is 7.89. The number of benzene rings is 2. The summed E-state index contributed by atoms with van der Waals surface area (Å²) in [5.74, 6) is -0.330. The second-order valence-corrected chi connectivity index (χ2v) is 16.9. The fourth-order valence-corrected chi connectivity index (χ4v) is 8.57. The van der Waals surface area contributed by atoms with Crippen molar-refractivity contribution in [2.24, 2.45) is 0 Å². The molecule has 358 valence electrons. The van der Waals surface area contributed by atoms with Gasteiger partial charge in [-0.3, -0.25) is 29.1 Å². The molecule has 0 radical (unpaired) electrons. The predicted octanol–water partition coefficient (Wildman–Crippen LogP) is 9.41. The van der Waals surface area contributed by atoms with Gasteiger partial charge in [0, 0.05) is 92.7 Å². The van der Waals surface area contributed by atoms with Gasteiger partial charge in [-0.25, -0.2) is 33.3 Å². The van der Waals surface area contributed by atoms with E-state index in [0.29, 0.717) is 50.9 Å². The quantitative estimate of drug-likeness (QED) is 0.0932. The number of rotatable bonds is 10. The van der Waals surface area contributed by atoms with Crippen molar-refractivity contribution >= 4 is 68.7 Å². The molecule has 2 aromatic carbocycles. The summed E-state index contributed by atoms with van der Waals surface area (Å²) >= 11 is 1.39. The lowest BCUT2D eigenvalue weighted by molar-refractivity contribution is -0.117. The van der Waals surface area contributed by atoms with Gasteiger partial charge in [0.05, 0.1) is 58.2 Å². The van der Waals surface area contributed by atoms with Crippen LogP contribution in [-0.4, -0.2) is 90.7 Å². The summed E-state index contributed by atoms with van der Waals surface area (Å²) in [6.45, 7) is 12.8. The van der Waals surface area contributed by atoms with E-state index in [-0.39, 0.29) is 23.4 Å². The van der Waals surface area contributed by atoms with Crippen LogP contribution >= 0.6 is 11.3 Å². The number of carbonyl (C=O) groups is 4. The third-order valence-electron chi connectivity index (χ3n) is 11.6. The molecule has 0 fully saturated rings. The molecule has 0 aliphatic rings. The first-order chi connectivity index (χ1) is 35.6. The standard InChI is InChI=1S/C20H16N4O2S.C17H11N5O.C17H15N5O/c1-13(25)23(2)15-6-3-5-14(11-15)17-8-9-21-20-16(12-22-24(17)20)19(26)18-7-4-10-27-18;23-16(14-3-1-2-7-19-14)13-11-21-22-15(6-10-20-17(13)22)12-4-8-18-9-5-12;1-4-21(12(2)23)14-7-5-6-13(10-14)16-8-9-19-17-15(18-3)11-20-22(16)17/h3-12H,1-2H3;1-11H;5-11H,4H2,1-2H3. The van der Waals surface area contributed by atoms with Gasteiger partial charge in [0.25, 0.3) is 0 Å². The van der Waals surface area contributed by atoms with Crippen LogP contribution in [0.3, 0.4) is 0 Å². The molecule has 11 aromatic rings. The normalized spacial score (nSPS) is 10.7. The summed E-state index contributed by atoms with van der Waals surface area (Å²) in [5, 5.41) is 14.8. The minimum Gasteiger partial charge on any atom is -0.316 e. The largest absolute Gasteiger partial charge is 0.316 e. The van der Waals surface area contributed by atoms with Gasteiger partial charge in [0.15, 0.2) is 16.9 Å². The molecule has 11 rings (SSSR count). The van der Waals surface area contributed by atoms with Crippen molar-refractivity contribution < 1.29 is 19.2 Å². The van der Waals surface area contributed by atoms with E-state index in [1.807, 2.05) is 97.2 Å². The Morgan fingerprint density at radius 2 is 1.15 bits per heavy atom. The van der Waals surface area contributed by atoms with Gasteiger partial charge in [-0.2, -0.15) is 15.3 Å². The lowest BCUT2D eigenvalue weighted by Gasteiger charge is -2.19. The van der Waals surface area contributed by atoms with Gasteiger partial charge in [0.2, 0.25) is 29.1 Å². The van der Waals surface area contributed by atoms with Crippen molar-refractivity contribution in [3.8, 4) is 33.8 Å². The molecule has 9 aromatic heterocycles. The third-order valence-corrected chi connectivity index (χ3v) is 12.4. The van der Waals surface area contributed by atoms with Crippen LogP contribution in [-0.2, 0) is 9.59 Å². The van der Waals surface area contributed by atoms with Gasteiger partial charge >= 0.3 is 0 Å². The molecule has 0 N–H and O–H groups in total. The van der Waals surface area contributed by atoms with Gasteiger partial charge < -0.3 is 9.80 Å². The number of thiophene rings is 1. The zero-order chi connectivity index (χ0) is 51.0. The zero-order valence-corrected chi connectivity index (χ0v) is 40.5. The molecule has 0 spiro atoms. The molecule has 0 bridgehead atoms. The minimum atomic E-state index is -0.194. The molecule has 0 atom stereocenters. The molecule has 0 saturated carbocycles. The van der Waals surface area contributed by atoms with Gasteiger partial charge in [0.1, 0.15) is 5.69 Å².